The lowest BCUT2D eigenvalue weighted by Gasteiger charge is -2.26. The Morgan fingerprint density at radius 1 is 0.906 bits per heavy atom. The van der Waals surface area contributed by atoms with E-state index in [-0.39, 0.29) is 29.1 Å². The van der Waals surface area contributed by atoms with Crippen LogP contribution in [0.5, 0.6) is 5.75 Å². The SMILES string of the molecule is CCOc1ccccc1[C@@H]1N=NC(C2=C(O)c3ccccc3C2=O)=C[C@@H]1c1ccccc1. The Labute approximate surface area is 186 Å². The molecule has 0 bridgehead atoms. The number of benzene rings is 3. The van der Waals surface area contributed by atoms with Gasteiger partial charge in [-0.05, 0) is 24.6 Å². The summed E-state index contributed by atoms with van der Waals surface area (Å²) in [5.74, 6) is 0.310. The molecule has 0 unspecified atom stereocenters. The third-order valence-electron chi connectivity index (χ3n) is 5.84. The Morgan fingerprint density at radius 2 is 1.59 bits per heavy atom. The number of carbonyl (C=O) groups is 1. The number of carbonyl (C=O) groups excluding carboxylic acids is 1. The molecule has 5 rings (SSSR count). The number of ketones is 1. The van der Waals surface area contributed by atoms with Crippen molar-refractivity contribution in [2.24, 2.45) is 10.2 Å². The number of nitrogens with zero attached hydrogens (tertiary/aromatic N) is 2. The van der Waals surface area contributed by atoms with Gasteiger partial charge in [-0.3, -0.25) is 4.79 Å². The van der Waals surface area contributed by atoms with Crippen molar-refractivity contribution in [3.63, 3.8) is 0 Å². The van der Waals surface area contributed by atoms with Crippen molar-refractivity contribution < 1.29 is 14.6 Å². The average Bonchev–Trinajstić information content (AvgIpc) is 3.10. The van der Waals surface area contributed by atoms with Gasteiger partial charge in [0, 0.05) is 22.6 Å². The summed E-state index contributed by atoms with van der Waals surface area (Å²) < 4.78 is 5.85. The maximum absolute atomic E-state index is 13.1. The van der Waals surface area contributed by atoms with E-state index in [9.17, 15) is 9.90 Å². The maximum Gasteiger partial charge on any atom is 0.199 e. The van der Waals surface area contributed by atoms with Gasteiger partial charge < -0.3 is 9.84 Å². The average molecular weight is 422 g/mol. The van der Waals surface area contributed by atoms with Crippen LogP contribution in [-0.2, 0) is 0 Å². The van der Waals surface area contributed by atoms with Crippen molar-refractivity contribution in [2.75, 3.05) is 6.61 Å². The summed E-state index contributed by atoms with van der Waals surface area (Å²) >= 11 is 0. The highest BCUT2D eigenvalue weighted by Gasteiger charge is 2.36. The topological polar surface area (TPSA) is 71.2 Å². The molecule has 1 aliphatic heterocycles. The highest BCUT2D eigenvalue weighted by molar-refractivity contribution is 6.22. The Hall–Kier alpha value is -3.99. The first kappa shape index (κ1) is 19.9. The van der Waals surface area contributed by atoms with Gasteiger partial charge in [0.25, 0.3) is 0 Å². The number of ether oxygens (including phenoxy) is 1. The van der Waals surface area contributed by atoms with E-state index in [0.717, 1.165) is 16.9 Å². The van der Waals surface area contributed by atoms with E-state index in [0.29, 0.717) is 23.4 Å². The van der Waals surface area contributed by atoms with Gasteiger partial charge in [-0.15, -0.1) is 0 Å². The Kier molecular flexibility index (Phi) is 5.15. The number of Topliss-reactive ketones (excluding diaryl/α,β-unsaturated/α-hetero) is 1. The molecule has 2 atom stereocenters. The van der Waals surface area contributed by atoms with Crippen LogP contribution in [0.15, 0.2) is 106 Å². The molecule has 1 aliphatic carbocycles. The van der Waals surface area contributed by atoms with Crippen molar-refractivity contribution >= 4 is 11.5 Å². The second-order valence-electron chi connectivity index (χ2n) is 7.72. The molecular weight excluding hydrogens is 400 g/mol. The number of para-hydroxylation sites is 1. The van der Waals surface area contributed by atoms with Gasteiger partial charge >= 0.3 is 0 Å². The number of hydrogen-bond acceptors (Lipinski definition) is 5. The zero-order valence-electron chi connectivity index (χ0n) is 17.6. The fourth-order valence-corrected chi connectivity index (χ4v) is 4.35. The number of hydrogen-bond donors (Lipinski definition) is 1. The number of aliphatic hydroxyl groups excluding tert-OH is 1. The molecule has 2 aliphatic rings. The van der Waals surface area contributed by atoms with Crippen LogP contribution in [0, 0.1) is 0 Å². The predicted molar refractivity (Wildman–Crippen MR) is 123 cm³/mol. The minimum Gasteiger partial charge on any atom is -0.506 e. The molecule has 0 spiro atoms. The van der Waals surface area contributed by atoms with E-state index < -0.39 is 0 Å². The first-order valence-electron chi connectivity index (χ1n) is 10.7. The number of aliphatic hydroxyl groups is 1. The standard InChI is InChI=1S/C27H22N2O3/c1-2-32-23-15-9-8-14-20(23)25-21(17-10-4-3-5-11-17)16-22(28-29-25)24-26(30)18-12-6-7-13-19(18)27(24)31/h3-16,21,25,30H,2H2,1H3/t21-,25+/m1/s1. The molecule has 0 amide bonds. The molecule has 32 heavy (non-hydrogen) atoms. The molecule has 158 valence electrons. The zero-order valence-corrected chi connectivity index (χ0v) is 17.6. The summed E-state index contributed by atoms with van der Waals surface area (Å²) in [6, 6.07) is 24.6. The fraction of sp³-hybridized carbons (Fsp3) is 0.148. The Bertz CT molecular complexity index is 1270. The van der Waals surface area contributed by atoms with Gasteiger partial charge in [-0.1, -0.05) is 72.8 Å². The normalized spacial score (nSPS) is 19.7. The summed E-state index contributed by atoms with van der Waals surface area (Å²) in [5, 5.41) is 19.9. The zero-order chi connectivity index (χ0) is 22.1. The van der Waals surface area contributed by atoms with Crippen LogP contribution in [0.1, 0.15) is 45.9 Å². The lowest BCUT2D eigenvalue weighted by Crippen LogP contribution is -2.14. The van der Waals surface area contributed by atoms with Gasteiger partial charge in [0.1, 0.15) is 17.6 Å². The lowest BCUT2D eigenvalue weighted by molar-refractivity contribution is 0.103. The first-order chi connectivity index (χ1) is 15.7. The molecule has 0 radical (unpaired) electrons. The second kappa shape index (κ2) is 8.27. The number of azo groups is 1. The fourth-order valence-electron chi connectivity index (χ4n) is 4.35. The van der Waals surface area contributed by atoms with Crippen LogP contribution in [0.4, 0.5) is 0 Å². The molecule has 1 heterocycles. The smallest absolute Gasteiger partial charge is 0.199 e. The van der Waals surface area contributed by atoms with Crippen molar-refractivity contribution in [2.45, 2.75) is 18.9 Å². The second-order valence-corrected chi connectivity index (χ2v) is 7.72. The van der Waals surface area contributed by atoms with Crippen molar-refractivity contribution in [1.29, 1.82) is 0 Å². The Morgan fingerprint density at radius 3 is 2.34 bits per heavy atom. The van der Waals surface area contributed by atoms with E-state index in [4.69, 9.17) is 4.74 Å². The van der Waals surface area contributed by atoms with Crippen LogP contribution in [0.3, 0.4) is 0 Å². The Balaban J connectivity index is 1.61. The van der Waals surface area contributed by atoms with Crippen LogP contribution in [-0.4, -0.2) is 17.5 Å². The molecule has 5 nitrogen and oxygen atoms in total. The van der Waals surface area contributed by atoms with Gasteiger partial charge in [-0.2, -0.15) is 10.2 Å². The number of fused-ring (bicyclic) bond motifs is 1. The number of rotatable bonds is 5. The minimum atomic E-state index is -0.314. The number of allylic oxidation sites excluding steroid dienone is 1. The van der Waals surface area contributed by atoms with Gasteiger partial charge in [0.2, 0.25) is 0 Å². The third kappa shape index (κ3) is 3.32. The van der Waals surface area contributed by atoms with Crippen LogP contribution in [0.2, 0.25) is 0 Å². The summed E-state index contributed by atoms with van der Waals surface area (Å²) in [5.41, 5.74) is 3.58. The highest BCUT2D eigenvalue weighted by atomic mass is 16.5. The van der Waals surface area contributed by atoms with Crippen molar-refractivity contribution in [3.8, 4) is 5.75 Å². The quantitative estimate of drug-likeness (QED) is 0.515. The molecule has 1 N–H and O–H groups in total. The third-order valence-corrected chi connectivity index (χ3v) is 5.84. The maximum atomic E-state index is 13.1. The van der Waals surface area contributed by atoms with E-state index in [1.807, 2.05) is 67.6 Å². The first-order valence-corrected chi connectivity index (χ1v) is 10.7. The molecule has 3 aromatic carbocycles. The molecular formula is C27H22N2O3. The molecule has 0 aromatic heterocycles. The summed E-state index contributed by atoms with van der Waals surface area (Å²) in [7, 11) is 0. The molecule has 0 saturated carbocycles. The van der Waals surface area contributed by atoms with Gasteiger partial charge in [-0.25, -0.2) is 0 Å². The van der Waals surface area contributed by atoms with E-state index in [1.54, 1.807) is 24.3 Å². The molecule has 5 heteroatoms. The molecule has 0 fully saturated rings. The monoisotopic (exact) mass is 422 g/mol. The summed E-state index contributed by atoms with van der Waals surface area (Å²) in [6.45, 7) is 2.50. The highest BCUT2D eigenvalue weighted by Crippen LogP contribution is 2.45. The van der Waals surface area contributed by atoms with Gasteiger partial charge in [0.15, 0.2) is 5.78 Å². The van der Waals surface area contributed by atoms with Crippen LogP contribution in [0.25, 0.3) is 5.76 Å². The van der Waals surface area contributed by atoms with E-state index >= 15 is 0 Å². The predicted octanol–water partition coefficient (Wildman–Crippen LogP) is 6.43. The molecule has 0 saturated heterocycles. The van der Waals surface area contributed by atoms with Crippen LogP contribution < -0.4 is 4.74 Å². The lowest BCUT2D eigenvalue weighted by atomic mass is 9.84. The summed E-state index contributed by atoms with van der Waals surface area (Å²) in [6.07, 6.45) is 1.94. The van der Waals surface area contributed by atoms with Crippen LogP contribution >= 0.6 is 0 Å². The minimum absolute atomic E-state index is 0.0456. The van der Waals surface area contributed by atoms with Crippen molar-refractivity contribution in [1.82, 2.24) is 0 Å². The largest absolute Gasteiger partial charge is 0.506 e. The van der Waals surface area contributed by atoms with Crippen molar-refractivity contribution in [3.05, 3.63) is 118 Å². The van der Waals surface area contributed by atoms with Gasteiger partial charge in [0.05, 0.1) is 17.9 Å². The van der Waals surface area contributed by atoms with E-state index in [2.05, 4.69) is 10.2 Å². The van der Waals surface area contributed by atoms with E-state index in [1.165, 1.54) is 0 Å². The summed E-state index contributed by atoms with van der Waals surface area (Å²) in [4.78, 5) is 13.1. The molecule has 3 aromatic rings.